The Hall–Kier alpha value is -2.70. The van der Waals surface area contributed by atoms with Gasteiger partial charge in [0.25, 0.3) is 0 Å². The maximum atomic E-state index is 12.3. The van der Waals surface area contributed by atoms with Crippen LogP contribution >= 0.6 is 0 Å². The highest BCUT2D eigenvalue weighted by Crippen LogP contribution is 2.29. The van der Waals surface area contributed by atoms with Crippen molar-refractivity contribution in [3.8, 4) is 11.4 Å². The van der Waals surface area contributed by atoms with Crippen LogP contribution in [0.3, 0.4) is 0 Å². The fraction of sp³-hybridized carbons (Fsp3) is 0.412. The summed E-state index contributed by atoms with van der Waals surface area (Å²) in [6, 6.07) is 7.73. The molecule has 4 rings (SSSR count). The smallest absolute Gasteiger partial charge is 0.227 e. The summed E-state index contributed by atoms with van der Waals surface area (Å²) in [5.74, 6) is 0.647. The van der Waals surface area contributed by atoms with Crippen LogP contribution in [-0.4, -0.2) is 34.5 Å². The zero-order chi connectivity index (χ0) is 16.7. The summed E-state index contributed by atoms with van der Waals surface area (Å²) in [6.45, 7) is 2.14. The molecule has 2 heterocycles. The number of aromatic nitrogens is 2. The Balaban J connectivity index is 1.53. The van der Waals surface area contributed by atoms with Crippen molar-refractivity contribution in [1.82, 2.24) is 15.5 Å². The van der Waals surface area contributed by atoms with E-state index in [1.54, 1.807) is 11.8 Å². The summed E-state index contributed by atoms with van der Waals surface area (Å²) in [5, 5.41) is 6.88. The lowest BCUT2D eigenvalue weighted by Gasteiger charge is -2.17. The van der Waals surface area contributed by atoms with Crippen molar-refractivity contribution in [3.05, 3.63) is 30.2 Å². The molecule has 0 bridgehead atoms. The molecule has 7 nitrogen and oxygen atoms in total. The number of carbonyl (C=O) groups is 2. The van der Waals surface area contributed by atoms with Gasteiger partial charge in [0.1, 0.15) is 0 Å². The molecule has 1 aliphatic carbocycles. The zero-order valence-corrected chi connectivity index (χ0v) is 13.4. The number of nitrogens with one attached hydrogen (secondary N) is 1. The first-order valence-corrected chi connectivity index (χ1v) is 8.11. The van der Waals surface area contributed by atoms with E-state index in [1.807, 2.05) is 24.3 Å². The summed E-state index contributed by atoms with van der Waals surface area (Å²) in [6.07, 6.45) is 2.34. The average molecular weight is 326 g/mol. The number of amides is 2. The maximum absolute atomic E-state index is 12.3. The number of aryl methyl sites for hydroxylation is 1. The quantitative estimate of drug-likeness (QED) is 0.923. The van der Waals surface area contributed by atoms with Gasteiger partial charge < -0.3 is 14.7 Å². The fourth-order valence-electron chi connectivity index (χ4n) is 2.91. The van der Waals surface area contributed by atoms with Gasteiger partial charge in [0.2, 0.25) is 23.5 Å². The predicted molar refractivity (Wildman–Crippen MR) is 86.1 cm³/mol. The summed E-state index contributed by atoms with van der Waals surface area (Å²) in [4.78, 5) is 30.4. The number of benzene rings is 1. The third kappa shape index (κ3) is 2.89. The number of rotatable bonds is 4. The molecule has 1 N–H and O–H groups in total. The molecule has 0 unspecified atom stereocenters. The molecular weight excluding hydrogens is 308 g/mol. The summed E-state index contributed by atoms with van der Waals surface area (Å²) in [5.41, 5.74) is 1.53. The van der Waals surface area contributed by atoms with Crippen molar-refractivity contribution in [3.63, 3.8) is 0 Å². The van der Waals surface area contributed by atoms with E-state index in [1.165, 1.54) is 0 Å². The Bertz CT molecular complexity index is 797. The molecular formula is C17H18N4O3. The molecule has 2 fully saturated rings. The molecule has 0 spiro atoms. The molecule has 1 atom stereocenters. The Morgan fingerprint density at radius 3 is 2.92 bits per heavy atom. The highest BCUT2D eigenvalue weighted by molar-refractivity contribution is 6.00. The van der Waals surface area contributed by atoms with Crippen molar-refractivity contribution in [2.75, 3.05) is 11.4 Å². The van der Waals surface area contributed by atoms with Gasteiger partial charge in [0.15, 0.2) is 0 Å². The Morgan fingerprint density at radius 2 is 2.21 bits per heavy atom. The Morgan fingerprint density at radius 1 is 1.38 bits per heavy atom. The lowest BCUT2D eigenvalue weighted by Crippen LogP contribution is -2.34. The lowest BCUT2D eigenvalue weighted by molar-refractivity contribution is -0.126. The van der Waals surface area contributed by atoms with Gasteiger partial charge in [0, 0.05) is 37.2 Å². The van der Waals surface area contributed by atoms with Crippen molar-refractivity contribution < 1.29 is 14.1 Å². The summed E-state index contributed by atoms with van der Waals surface area (Å²) < 4.78 is 5.00. The lowest BCUT2D eigenvalue weighted by atomic mass is 10.1. The van der Waals surface area contributed by atoms with Crippen molar-refractivity contribution in [1.29, 1.82) is 0 Å². The van der Waals surface area contributed by atoms with Gasteiger partial charge in [-0.05, 0) is 25.0 Å². The molecule has 0 radical (unpaired) electrons. The van der Waals surface area contributed by atoms with Gasteiger partial charge in [-0.1, -0.05) is 17.3 Å². The second-order valence-corrected chi connectivity index (χ2v) is 6.38. The van der Waals surface area contributed by atoms with Gasteiger partial charge in [-0.3, -0.25) is 9.59 Å². The third-order valence-electron chi connectivity index (χ3n) is 4.36. The normalized spacial score (nSPS) is 20.5. The minimum absolute atomic E-state index is 0.0155. The number of nitrogens with zero attached hydrogens (tertiary/aromatic N) is 3. The van der Waals surface area contributed by atoms with Crippen LogP contribution in [0.25, 0.3) is 11.4 Å². The molecule has 1 aromatic carbocycles. The maximum Gasteiger partial charge on any atom is 0.227 e. The van der Waals surface area contributed by atoms with E-state index in [0.29, 0.717) is 24.3 Å². The van der Waals surface area contributed by atoms with E-state index in [-0.39, 0.29) is 24.2 Å². The highest BCUT2D eigenvalue weighted by Gasteiger charge is 2.37. The van der Waals surface area contributed by atoms with Crippen LogP contribution in [0.4, 0.5) is 5.69 Å². The summed E-state index contributed by atoms with van der Waals surface area (Å²) in [7, 11) is 0. The van der Waals surface area contributed by atoms with Gasteiger partial charge in [0.05, 0.1) is 5.92 Å². The SMILES string of the molecule is Cc1nc(-c2cccc(N3C[C@@H](C(=O)NC4CC4)CC3=O)c2)no1. The van der Waals surface area contributed by atoms with Crippen LogP contribution in [0.15, 0.2) is 28.8 Å². The first-order chi connectivity index (χ1) is 11.6. The van der Waals surface area contributed by atoms with Crippen molar-refractivity contribution >= 4 is 17.5 Å². The molecule has 2 aliphatic rings. The van der Waals surface area contributed by atoms with Crippen molar-refractivity contribution in [2.45, 2.75) is 32.2 Å². The fourth-order valence-corrected chi connectivity index (χ4v) is 2.91. The van der Waals surface area contributed by atoms with Crippen LogP contribution in [0.5, 0.6) is 0 Å². The van der Waals surface area contributed by atoms with Crippen LogP contribution in [0.1, 0.15) is 25.2 Å². The topological polar surface area (TPSA) is 88.3 Å². The average Bonchev–Trinajstić information content (AvgIpc) is 3.13. The monoisotopic (exact) mass is 326 g/mol. The molecule has 1 aromatic heterocycles. The molecule has 1 aliphatic heterocycles. The first-order valence-electron chi connectivity index (χ1n) is 8.11. The van der Waals surface area contributed by atoms with Crippen LogP contribution in [-0.2, 0) is 9.59 Å². The van der Waals surface area contributed by atoms with Crippen LogP contribution in [0, 0.1) is 12.8 Å². The third-order valence-corrected chi connectivity index (χ3v) is 4.36. The molecule has 2 amide bonds. The van der Waals surface area contributed by atoms with E-state index in [4.69, 9.17) is 4.52 Å². The number of anilines is 1. The molecule has 124 valence electrons. The number of hydrogen-bond donors (Lipinski definition) is 1. The summed E-state index contributed by atoms with van der Waals surface area (Å²) >= 11 is 0. The molecule has 2 aromatic rings. The highest BCUT2D eigenvalue weighted by atomic mass is 16.5. The minimum Gasteiger partial charge on any atom is -0.353 e. The molecule has 24 heavy (non-hydrogen) atoms. The largest absolute Gasteiger partial charge is 0.353 e. The Kier molecular flexibility index (Phi) is 3.55. The second kappa shape index (κ2) is 5.74. The van der Waals surface area contributed by atoms with Gasteiger partial charge >= 0.3 is 0 Å². The molecule has 1 saturated carbocycles. The van der Waals surface area contributed by atoms with Crippen molar-refractivity contribution in [2.24, 2.45) is 5.92 Å². The van der Waals surface area contributed by atoms with E-state index in [0.717, 1.165) is 24.1 Å². The minimum atomic E-state index is -0.283. The van der Waals surface area contributed by atoms with Crippen LogP contribution in [0.2, 0.25) is 0 Å². The second-order valence-electron chi connectivity index (χ2n) is 6.38. The molecule has 7 heteroatoms. The van der Waals surface area contributed by atoms with Gasteiger partial charge in [-0.15, -0.1) is 0 Å². The predicted octanol–water partition coefficient (Wildman–Crippen LogP) is 1.68. The number of carbonyl (C=O) groups excluding carboxylic acids is 2. The Labute approximate surface area is 139 Å². The number of hydrogen-bond acceptors (Lipinski definition) is 5. The van der Waals surface area contributed by atoms with E-state index in [2.05, 4.69) is 15.5 Å². The van der Waals surface area contributed by atoms with Gasteiger partial charge in [-0.25, -0.2) is 0 Å². The zero-order valence-electron chi connectivity index (χ0n) is 13.4. The van der Waals surface area contributed by atoms with E-state index in [9.17, 15) is 9.59 Å². The first kappa shape index (κ1) is 14.9. The van der Waals surface area contributed by atoms with Crippen LogP contribution < -0.4 is 10.2 Å². The van der Waals surface area contributed by atoms with E-state index >= 15 is 0 Å². The molecule has 1 saturated heterocycles. The van der Waals surface area contributed by atoms with Gasteiger partial charge in [-0.2, -0.15) is 4.98 Å². The standard InChI is InChI=1S/C17H18N4O3/c1-10-18-16(20-24-10)11-3-2-4-14(7-11)21-9-12(8-15(21)22)17(23)19-13-5-6-13/h2-4,7,12-13H,5-6,8-9H2,1H3,(H,19,23)/t12-/m0/s1. The van der Waals surface area contributed by atoms with E-state index < -0.39 is 0 Å².